The van der Waals surface area contributed by atoms with E-state index in [1.165, 1.54) is 6.07 Å². The molecule has 0 N–H and O–H groups in total. The molecule has 1 aromatic carbocycles. The van der Waals surface area contributed by atoms with Crippen molar-refractivity contribution in [2.75, 3.05) is 14.1 Å². The Labute approximate surface area is 110 Å². The van der Waals surface area contributed by atoms with Gasteiger partial charge in [0, 0.05) is 11.6 Å². The third-order valence-corrected chi connectivity index (χ3v) is 3.60. The van der Waals surface area contributed by atoms with Crippen LogP contribution in [0.3, 0.4) is 0 Å². The molecule has 2 rings (SSSR count). The second-order valence-corrected chi connectivity index (χ2v) is 5.07. The monoisotopic (exact) mass is 271 g/mol. The molecule has 1 aromatic rings. The molecule has 0 amide bonds. The minimum atomic E-state index is -4.81. The van der Waals surface area contributed by atoms with Crippen molar-refractivity contribution in [3.63, 3.8) is 0 Å². The van der Waals surface area contributed by atoms with Crippen LogP contribution in [0.1, 0.15) is 40.4 Å². The van der Waals surface area contributed by atoms with Gasteiger partial charge in [0.1, 0.15) is 0 Å². The molecule has 1 unspecified atom stereocenters. The zero-order valence-corrected chi connectivity index (χ0v) is 10.9. The highest BCUT2D eigenvalue weighted by Crippen LogP contribution is 2.36. The lowest BCUT2D eigenvalue weighted by molar-refractivity contribution is -0.0886. The van der Waals surface area contributed by atoms with Gasteiger partial charge in [-0.2, -0.15) is 13.2 Å². The number of hydrogen-bond donors (Lipinski definition) is 0. The maximum Gasteiger partial charge on any atom is 0.454 e. The van der Waals surface area contributed by atoms with Gasteiger partial charge in [0.25, 0.3) is 5.78 Å². The van der Waals surface area contributed by atoms with Crippen LogP contribution in [-0.4, -0.2) is 31.0 Å². The number of Topliss-reactive ketones (excluding diaryl/α,β-unsaturated/α-hetero) is 1. The molecule has 0 spiro atoms. The van der Waals surface area contributed by atoms with Crippen molar-refractivity contribution in [2.45, 2.75) is 31.5 Å². The number of hydrogen-bond acceptors (Lipinski definition) is 2. The number of benzene rings is 1. The Morgan fingerprint density at radius 2 is 2.00 bits per heavy atom. The highest BCUT2D eigenvalue weighted by Gasteiger charge is 2.41. The molecule has 1 aliphatic rings. The van der Waals surface area contributed by atoms with Crippen LogP contribution in [0, 0.1) is 0 Å². The summed E-state index contributed by atoms with van der Waals surface area (Å²) in [6.45, 7) is 0. The molecule has 19 heavy (non-hydrogen) atoms. The molecule has 0 saturated heterocycles. The van der Waals surface area contributed by atoms with Gasteiger partial charge in [0.05, 0.1) is 0 Å². The van der Waals surface area contributed by atoms with Gasteiger partial charge in [0.2, 0.25) is 0 Å². The summed E-state index contributed by atoms with van der Waals surface area (Å²) in [6, 6.07) is 4.74. The Kier molecular flexibility index (Phi) is 3.67. The number of halogens is 3. The normalized spacial score (nSPS) is 19.4. The van der Waals surface area contributed by atoms with Crippen LogP contribution in [-0.2, 0) is 6.42 Å². The van der Waals surface area contributed by atoms with Gasteiger partial charge in [-0.15, -0.1) is 0 Å². The molecule has 5 heteroatoms. The number of nitrogens with zero attached hydrogens (tertiary/aromatic N) is 1. The fourth-order valence-electron chi connectivity index (χ4n) is 2.73. The summed E-state index contributed by atoms with van der Waals surface area (Å²) in [6.07, 6.45) is -2.56. The van der Waals surface area contributed by atoms with Gasteiger partial charge in [-0.05, 0) is 44.5 Å². The van der Waals surface area contributed by atoms with E-state index in [1.54, 1.807) is 6.07 Å². The Morgan fingerprint density at radius 3 is 2.58 bits per heavy atom. The summed E-state index contributed by atoms with van der Waals surface area (Å²) < 4.78 is 37.8. The zero-order valence-electron chi connectivity index (χ0n) is 10.9. The SMILES string of the molecule is CN(C)C1CCCc2c(C(=O)C(F)(F)F)cccc21. The second-order valence-electron chi connectivity index (χ2n) is 5.07. The lowest BCUT2D eigenvalue weighted by Crippen LogP contribution is -2.28. The maximum atomic E-state index is 12.6. The third-order valence-electron chi connectivity index (χ3n) is 3.60. The minimum Gasteiger partial charge on any atom is -0.302 e. The lowest BCUT2D eigenvalue weighted by atomic mass is 9.83. The Balaban J connectivity index is 2.49. The summed E-state index contributed by atoms with van der Waals surface area (Å²) in [5, 5.41) is 0. The number of alkyl halides is 3. The Bertz CT molecular complexity index is 494. The molecular formula is C14H16F3NO. The predicted molar refractivity (Wildman–Crippen MR) is 66.2 cm³/mol. The molecule has 0 fully saturated rings. The van der Waals surface area contributed by atoms with Gasteiger partial charge in [-0.25, -0.2) is 0 Å². The fourth-order valence-corrected chi connectivity index (χ4v) is 2.73. The molecule has 1 aliphatic carbocycles. The van der Waals surface area contributed by atoms with Gasteiger partial charge < -0.3 is 4.90 Å². The van der Waals surface area contributed by atoms with E-state index in [1.807, 2.05) is 25.1 Å². The predicted octanol–water partition coefficient (Wildman–Crippen LogP) is 3.37. The average Bonchev–Trinajstić information content (AvgIpc) is 2.35. The van der Waals surface area contributed by atoms with E-state index in [4.69, 9.17) is 0 Å². The van der Waals surface area contributed by atoms with Crippen LogP contribution in [0.4, 0.5) is 13.2 Å². The molecule has 0 heterocycles. The van der Waals surface area contributed by atoms with Gasteiger partial charge in [0.15, 0.2) is 0 Å². The highest BCUT2D eigenvalue weighted by atomic mass is 19.4. The third kappa shape index (κ3) is 2.66. The van der Waals surface area contributed by atoms with Crippen molar-refractivity contribution in [1.29, 1.82) is 0 Å². The van der Waals surface area contributed by atoms with Crippen molar-refractivity contribution >= 4 is 5.78 Å². The molecule has 0 saturated carbocycles. The highest BCUT2D eigenvalue weighted by molar-refractivity contribution is 6.01. The van der Waals surface area contributed by atoms with Crippen molar-refractivity contribution < 1.29 is 18.0 Å². The van der Waals surface area contributed by atoms with Crippen LogP contribution in [0.5, 0.6) is 0 Å². The average molecular weight is 271 g/mol. The quantitative estimate of drug-likeness (QED) is 0.769. The van der Waals surface area contributed by atoms with Crippen molar-refractivity contribution in [2.24, 2.45) is 0 Å². The molecule has 1 atom stereocenters. The topological polar surface area (TPSA) is 20.3 Å². The number of carbonyl (C=O) groups is 1. The van der Waals surface area contributed by atoms with E-state index in [9.17, 15) is 18.0 Å². The summed E-state index contributed by atoms with van der Waals surface area (Å²) in [7, 11) is 3.80. The van der Waals surface area contributed by atoms with E-state index in [0.29, 0.717) is 12.0 Å². The van der Waals surface area contributed by atoms with E-state index in [-0.39, 0.29) is 11.6 Å². The molecule has 0 bridgehead atoms. The first-order valence-electron chi connectivity index (χ1n) is 6.22. The summed E-state index contributed by atoms with van der Waals surface area (Å²) in [5.41, 5.74) is 1.23. The summed E-state index contributed by atoms with van der Waals surface area (Å²) in [5.74, 6) is -1.73. The number of ketones is 1. The second kappa shape index (κ2) is 4.96. The molecule has 104 valence electrons. The Morgan fingerprint density at radius 1 is 1.32 bits per heavy atom. The maximum absolute atomic E-state index is 12.6. The molecular weight excluding hydrogens is 255 g/mol. The summed E-state index contributed by atoms with van der Waals surface area (Å²) in [4.78, 5) is 13.5. The largest absolute Gasteiger partial charge is 0.454 e. The first kappa shape index (κ1) is 14.1. The van der Waals surface area contributed by atoms with Gasteiger partial charge >= 0.3 is 6.18 Å². The van der Waals surface area contributed by atoms with E-state index in [2.05, 4.69) is 0 Å². The van der Waals surface area contributed by atoms with Crippen molar-refractivity contribution in [1.82, 2.24) is 4.90 Å². The van der Waals surface area contributed by atoms with Crippen LogP contribution >= 0.6 is 0 Å². The van der Waals surface area contributed by atoms with Crippen molar-refractivity contribution in [3.05, 3.63) is 34.9 Å². The van der Waals surface area contributed by atoms with Crippen LogP contribution in [0.25, 0.3) is 0 Å². The fraction of sp³-hybridized carbons (Fsp3) is 0.500. The zero-order chi connectivity index (χ0) is 14.2. The first-order valence-corrected chi connectivity index (χ1v) is 6.22. The van der Waals surface area contributed by atoms with Crippen LogP contribution < -0.4 is 0 Å². The lowest BCUT2D eigenvalue weighted by Gasteiger charge is -2.31. The molecule has 0 radical (unpaired) electrons. The number of rotatable bonds is 2. The van der Waals surface area contributed by atoms with E-state index >= 15 is 0 Å². The van der Waals surface area contributed by atoms with Gasteiger partial charge in [-0.3, -0.25) is 4.79 Å². The van der Waals surface area contributed by atoms with Gasteiger partial charge in [-0.1, -0.05) is 18.2 Å². The smallest absolute Gasteiger partial charge is 0.302 e. The Hall–Kier alpha value is -1.36. The van der Waals surface area contributed by atoms with Crippen LogP contribution in [0.2, 0.25) is 0 Å². The van der Waals surface area contributed by atoms with E-state index in [0.717, 1.165) is 18.4 Å². The van der Waals surface area contributed by atoms with E-state index < -0.39 is 12.0 Å². The molecule has 0 aliphatic heterocycles. The van der Waals surface area contributed by atoms with Crippen molar-refractivity contribution in [3.8, 4) is 0 Å². The van der Waals surface area contributed by atoms with Crippen LogP contribution in [0.15, 0.2) is 18.2 Å². The molecule has 2 nitrogen and oxygen atoms in total. The standard InChI is InChI=1S/C14H16F3NO/c1-18(2)12-8-4-5-9-10(12)6-3-7-11(9)13(19)14(15,16)17/h3,6-7,12H,4-5,8H2,1-2H3. The summed E-state index contributed by atoms with van der Waals surface area (Å²) >= 11 is 0. The minimum absolute atomic E-state index is 0.0877. The number of fused-ring (bicyclic) bond motifs is 1. The molecule has 0 aromatic heterocycles. The first-order chi connectivity index (χ1) is 8.82. The number of carbonyl (C=O) groups excluding carboxylic acids is 1.